The molecule has 1 aromatic heterocycles. The maximum Gasteiger partial charge on any atom is 0.419 e. The first-order valence-electron chi connectivity index (χ1n) is 20.7. The molecule has 3 fully saturated rings. The summed E-state index contributed by atoms with van der Waals surface area (Å²) in [4.78, 5) is 75.8. The number of benzene rings is 2. The predicted molar refractivity (Wildman–Crippen MR) is 214 cm³/mol. The molecule has 0 aliphatic carbocycles. The van der Waals surface area contributed by atoms with Crippen LogP contribution in [0.2, 0.25) is 0 Å². The zero-order chi connectivity index (χ0) is 40.1. The molecule has 5 heterocycles. The Morgan fingerprint density at radius 3 is 2.33 bits per heavy atom. The van der Waals surface area contributed by atoms with Crippen LogP contribution in [0, 0.1) is 6.92 Å². The number of unbranched alkanes of at least 4 members (excludes halogenated alkanes) is 1. The lowest BCUT2D eigenvalue weighted by Gasteiger charge is -2.43. The number of piperazine rings is 1. The number of urea groups is 1. The van der Waals surface area contributed by atoms with Gasteiger partial charge in [0.05, 0.1) is 18.7 Å². The highest BCUT2D eigenvalue weighted by atomic mass is 16.6. The molecule has 1 atom stereocenters. The van der Waals surface area contributed by atoms with E-state index in [4.69, 9.17) is 13.9 Å². The Balaban J connectivity index is 0.966. The number of rotatable bonds is 11. The first kappa shape index (κ1) is 40.3. The van der Waals surface area contributed by atoms with Gasteiger partial charge in [0.1, 0.15) is 0 Å². The number of hydrogen-bond donors (Lipinski definition) is 1. The van der Waals surface area contributed by atoms with Crippen LogP contribution in [0.1, 0.15) is 62.1 Å². The third-order valence-corrected chi connectivity index (χ3v) is 12.2. The third kappa shape index (κ3) is 9.47. The molecule has 0 unspecified atom stereocenters. The van der Waals surface area contributed by atoms with Gasteiger partial charge in [-0.15, -0.1) is 0 Å². The number of aromatic nitrogens is 1. The van der Waals surface area contributed by atoms with E-state index in [1.807, 2.05) is 47.1 Å². The number of oxazole rings is 1. The Labute approximate surface area is 333 Å². The molecule has 2 aromatic carbocycles. The summed E-state index contributed by atoms with van der Waals surface area (Å²) in [5.41, 5.74) is 4.61. The van der Waals surface area contributed by atoms with Crippen molar-refractivity contribution in [2.75, 3.05) is 77.4 Å². The van der Waals surface area contributed by atoms with Gasteiger partial charge in [-0.1, -0.05) is 37.6 Å². The largest absolute Gasteiger partial charge is 0.465 e. The number of aryl methyl sites for hydroxylation is 2. The van der Waals surface area contributed by atoms with Crippen molar-refractivity contribution < 1.29 is 33.1 Å². The van der Waals surface area contributed by atoms with E-state index in [9.17, 15) is 24.0 Å². The highest BCUT2D eigenvalue weighted by Crippen LogP contribution is 2.27. The molecule has 0 saturated carbocycles. The van der Waals surface area contributed by atoms with Crippen LogP contribution in [0.25, 0.3) is 11.1 Å². The van der Waals surface area contributed by atoms with E-state index < -0.39 is 18.0 Å². The Kier molecular flexibility index (Phi) is 12.8. The highest BCUT2D eigenvalue weighted by Gasteiger charge is 2.37. The molecule has 4 aliphatic heterocycles. The minimum Gasteiger partial charge on any atom is -0.465 e. The van der Waals surface area contributed by atoms with Gasteiger partial charge < -0.3 is 33.9 Å². The van der Waals surface area contributed by atoms with Crippen LogP contribution in [-0.4, -0.2) is 143 Å². The molecule has 15 heteroatoms. The molecule has 4 amide bonds. The van der Waals surface area contributed by atoms with E-state index in [-0.39, 0.29) is 30.4 Å². The van der Waals surface area contributed by atoms with Crippen molar-refractivity contribution in [3.8, 4) is 0 Å². The van der Waals surface area contributed by atoms with E-state index in [0.29, 0.717) is 75.9 Å². The van der Waals surface area contributed by atoms with Crippen LogP contribution in [0.3, 0.4) is 0 Å². The molecule has 3 aromatic rings. The monoisotopic (exact) mass is 787 g/mol. The fraction of sp³-hybridized carbons (Fsp3) is 0.595. The van der Waals surface area contributed by atoms with Gasteiger partial charge >= 0.3 is 23.8 Å². The van der Waals surface area contributed by atoms with E-state index in [0.717, 1.165) is 80.7 Å². The number of nitrogens with zero attached hydrogens (tertiary/aromatic N) is 6. The number of likely N-dealkylation sites (tertiary alicyclic amines) is 2. The molecule has 3 saturated heterocycles. The number of anilines is 1. The van der Waals surface area contributed by atoms with Gasteiger partial charge in [0.2, 0.25) is 0 Å². The van der Waals surface area contributed by atoms with Crippen LogP contribution in [0.4, 0.5) is 15.3 Å². The number of carbonyl (C=O) groups excluding carboxylic acids is 4. The number of carbonyl (C=O) groups is 4. The second-order valence-electron chi connectivity index (χ2n) is 16.0. The average Bonchev–Trinajstić information content (AvgIpc) is 3.39. The predicted octanol–water partition coefficient (Wildman–Crippen LogP) is 3.99. The fourth-order valence-corrected chi connectivity index (χ4v) is 8.89. The Morgan fingerprint density at radius 2 is 1.60 bits per heavy atom. The quantitative estimate of drug-likeness (QED) is 0.223. The maximum absolute atomic E-state index is 14.3. The molecule has 4 aliphatic rings. The van der Waals surface area contributed by atoms with Crippen molar-refractivity contribution in [3.05, 3.63) is 63.6 Å². The normalized spacial score (nSPS) is 19.6. The minimum atomic E-state index is -1.07. The molecule has 308 valence electrons. The average molecular weight is 788 g/mol. The van der Waals surface area contributed by atoms with Crippen molar-refractivity contribution in [3.63, 3.8) is 0 Å². The van der Waals surface area contributed by atoms with Crippen LogP contribution in [0.5, 0.6) is 0 Å². The zero-order valence-corrected chi connectivity index (χ0v) is 33.6. The first-order chi connectivity index (χ1) is 27.6. The number of hydrogen-bond acceptors (Lipinski definition) is 10. The zero-order valence-electron chi connectivity index (χ0n) is 33.6. The summed E-state index contributed by atoms with van der Waals surface area (Å²) in [6.45, 7) is 10.5. The molecular weight excluding hydrogens is 731 g/mol. The molecule has 1 N–H and O–H groups in total. The summed E-state index contributed by atoms with van der Waals surface area (Å²) in [6.07, 6.45) is 3.94. The third-order valence-electron chi connectivity index (χ3n) is 12.2. The van der Waals surface area contributed by atoms with E-state index in [1.165, 1.54) is 4.57 Å². The Hall–Kier alpha value is -4.89. The van der Waals surface area contributed by atoms with E-state index in [2.05, 4.69) is 22.0 Å². The molecule has 7 rings (SSSR count). The fourth-order valence-electron chi connectivity index (χ4n) is 8.89. The number of amides is 4. The smallest absolute Gasteiger partial charge is 0.419 e. The van der Waals surface area contributed by atoms with Crippen molar-refractivity contribution in [2.45, 2.75) is 83.4 Å². The van der Waals surface area contributed by atoms with Gasteiger partial charge in [0.25, 0.3) is 5.91 Å². The lowest BCUT2D eigenvalue weighted by molar-refractivity contribution is -0.145. The second kappa shape index (κ2) is 18.1. The molecular formula is C42H57N7O8. The van der Waals surface area contributed by atoms with Gasteiger partial charge in [0, 0.05) is 90.1 Å². The maximum atomic E-state index is 14.3. The number of piperidine rings is 2. The lowest BCUT2D eigenvalue weighted by atomic mass is 9.99. The Bertz CT molecular complexity index is 1970. The number of esters is 1. The minimum absolute atomic E-state index is 0.0210. The number of ether oxygens (including phenoxy) is 2. The van der Waals surface area contributed by atoms with Crippen LogP contribution < -0.4 is 11.1 Å². The van der Waals surface area contributed by atoms with Crippen LogP contribution >= 0.6 is 0 Å². The van der Waals surface area contributed by atoms with E-state index >= 15 is 0 Å². The van der Waals surface area contributed by atoms with Crippen molar-refractivity contribution in [2.24, 2.45) is 7.05 Å². The molecule has 0 bridgehead atoms. The van der Waals surface area contributed by atoms with Gasteiger partial charge in [-0.2, -0.15) is 0 Å². The molecule has 0 radical (unpaired) electrons. The summed E-state index contributed by atoms with van der Waals surface area (Å²) in [6, 6.07) is 11.7. The van der Waals surface area contributed by atoms with Gasteiger partial charge in [0.15, 0.2) is 11.7 Å². The highest BCUT2D eigenvalue weighted by molar-refractivity contribution is 5.91. The molecule has 0 spiro atoms. The van der Waals surface area contributed by atoms with E-state index in [1.54, 1.807) is 18.0 Å². The summed E-state index contributed by atoms with van der Waals surface area (Å²) < 4.78 is 18.4. The number of fused-ring (bicyclic) bond motifs is 2. The van der Waals surface area contributed by atoms with Crippen LogP contribution in [0.15, 0.2) is 45.6 Å². The van der Waals surface area contributed by atoms with Crippen LogP contribution in [-0.2, 0) is 39.0 Å². The summed E-state index contributed by atoms with van der Waals surface area (Å²) in [5, 5.41) is 3.05. The van der Waals surface area contributed by atoms with Gasteiger partial charge in [-0.25, -0.2) is 14.4 Å². The SMILES string of the molecule is CCCCOC(=O)CN1CCN(C2CCN(C(=O)[C@@H](Cc3cc(C)c4c(c3)oc(=O)n4C)OC(=O)N3CCC(N4CCc5ccccc5NC4=O)CC3)CC2)CC1. The summed E-state index contributed by atoms with van der Waals surface area (Å²) in [5.74, 6) is -0.874. The summed E-state index contributed by atoms with van der Waals surface area (Å²) in [7, 11) is 1.66. The van der Waals surface area contributed by atoms with Gasteiger partial charge in [-0.3, -0.25) is 24.0 Å². The lowest BCUT2D eigenvalue weighted by Crippen LogP contribution is -2.55. The first-order valence-corrected chi connectivity index (χ1v) is 20.7. The topological polar surface area (TPSA) is 150 Å². The van der Waals surface area contributed by atoms with Crippen molar-refractivity contribution in [1.29, 1.82) is 0 Å². The van der Waals surface area contributed by atoms with Gasteiger partial charge in [-0.05, 0) is 74.3 Å². The standard InChI is InChI=1S/C42H57N7O8/c1-4-5-24-55-37(50)28-45-20-22-46(23-21-45)32-11-15-47(16-12-32)39(51)36(27-30-25-29(2)38-35(26-30)56-41(53)44(38)3)57-42(54)48-17-13-33(14-18-48)49-19-10-31-8-6-7-9-34(31)43-40(49)52/h6-9,25-26,32-33,36H,4-5,10-24,27-28H2,1-3H3,(H,43,52)/t36-/m1/s1. The number of para-hydroxylation sites is 1. The van der Waals surface area contributed by atoms with Crippen molar-refractivity contribution >= 4 is 40.8 Å². The van der Waals surface area contributed by atoms with Crippen molar-refractivity contribution in [1.82, 2.24) is 29.1 Å². The second-order valence-corrected chi connectivity index (χ2v) is 16.0. The number of nitrogens with one attached hydrogen (secondary N) is 1. The molecule has 15 nitrogen and oxygen atoms in total. The molecule has 57 heavy (non-hydrogen) atoms. The summed E-state index contributed by atoms with van der Waals surface area (Å²) >= 11 is 0. The Morgan fingerprint density at radius 1 is 0.895 bits per heavy atom.